The Hall–Kier alpha value is -2.05. The Balaban J connectivity index is 2.32. The van der Waals surface area contributed by atoms with Gasteiger partial charge in [-0.1, -0.05) is 13.8 Å². The predicted molar refractivity (Wildman–Crippen MR) is 70.3 cm³/mol. The van der Waals surface area contributed by atoms with Crippen molar-refractivity contribution in [3.05, 3.63) is 11.8 Å². The van der Waals surface area contributed by atoms with Crippen LogP contribution in [0.5, 0.6) is 5.88 Å². The summed E-state index contributed by atoms with van der Waals surface area (Å²) in [5.74, 6) is -0.818. The zero-order chi connectivity index (χ0) is 15.1. The van der Waals surface area contributed by atoms with Crippen LogP contribution in [-0.4, -0.2) is 35.3 Å². The van der Waals surface area contributed by atoms with E-state index in [0.29, 0.717) is 12.2 Å². The van der Waals surface area contributed by atoms with Crippen LogP contribution in [0.15, 0.2) is 10.6 Å². The zero-order valence-corrected chi connectivity index (χ0v) is 11.9. The minimum Gasteiger partial charge on any atom is -0.481 e. The summed E-state index contributed by atoms with van der Waals surface area (Å²) in [4.78, 5) is 22.6. The summed E-state index contributed by atoms with van der Waals surface area (Å²) in [6.45, 7) is 5.46. The number of aromatic nitrogens is 1. The van der Waals surface area contributed by atoms with E-state index in [4.69, 9.17) is 14.4 Å². The molecule has 0 aliphatic carbocycles. The van der Waals surface area contributed by atoms with Gasteiger partial charge in [0, 0.05) is 12.6 Å². The van der Waals surface area contributed by atoms with Crippen molar-refractivity contribution in [2.45, 2.75) is 27.2 Å². The maximum atomic E-state index is 11.5. The SMILES string of the molecule is Cc1cc(OCC(=O)NCC(CC(C)C)C(=O)O)no1. The number of carboxylic acids is 1. The number of amides is 1. The van der Waals surface area contributed by atoms with Gasteiger partial charge in [-0.2, -0.15) is 0 Å². The molecule has 20 heavy (non-hydrogen) atoms. The lowest BCUT2D eigenvalue weighted by atomic mass is 9.97. The van der Waals surface area contributed by atoms with Gasteiger partial charge in [-0.3, -0.25) is 9.59 Å². The molecule has 0 saturated heterocycles. The van der Waals surface area contributed by atoms with Gasteiger partial charge >= 0.3 is 5.97 Å². The van der Waals surface area contributed by atoms with Crippen LogP contribution in [0.2, 0.25) is 0 Å². The van der Waals surface area contributed by atoms with Crippen LogP contribution in [0, 0.1) is 18.8 Å². The number of carbonyl (C=O) groups is 2. The zero-order valence-electron chi connectivity index (χ0n) is 11.9. The number of nitrogens with one attached hydrogen (secondary N) is 1. The largest absolute Gasteiger partial charge is 0.481 e. The Morgan fingerprint density at radius 3 is 2.70 bits per heavy atom. The van der Waals surface area contributed by atoms with Crippen molar-refractivity contribution in [1.82, 2.24) is 10.5 Å². The van der Waals surface area contributed by atoms with Crippen molar-refractivity contribution >= 4 is 11.9 Å². The highest BCUT2D eigenvalue weighted by Crippen LogP contribution is 2.11. The summed E-state index contributed by atoms with van der Waals surface area (Å²) in [5, 5.41) is 15.2. The fourth-order valence-corrected chi connectivity index (χ4v) is 1.68. The van der Waals surface area contributed by atoms with Gasteiger partial charge in [-0.15, -0.1) is 0 Å². The first-order valence-electron chi connectivity index (χ1n) is 6.44. The monoisotopic (exact) mass is 284 g/mol. The van der Waals surface area contributed by atoms with Gasteiger partial charge in [0.25, 0.3) is 11.8 Å². The second kappa shape index (κ2) is 7.52. The molecular weight excluding hydrogens is 264 g/mol. The molecule has 7 heteroatoms. The lowest BCUT2D eigenvalue weighted by Crippen LogP contribution is -2.36. The maximum absolute atomic E-state index is 11.5. The summed E-state index contributed by atoms with van der Waals surface area (Å²) in [6, 6.07) is 1.56. The third-order valence-corrected chi connectivity index (χ3v) is 2.61. The smallest absolute Gasteiger partial charge is 0.308 e. The van der Waals surface area contributed by atoms with E-state index in [2.05, 4.69) is 10.5 Å². The van der Waals surface area contributed by atoms with Crippen LogP contribution in [0.25, 0.3) is 0 Å². The van der Waals surface area contributed by atoms with E-state index in [0.717, 1.165) is 0 Å². The Morgan fingerprint density at radius 1 is 1.50 bits per heavy atom. The van der Waals surface area contributed by atoms with Crippen LogP contribution in [0.1, 0.15) is 26.0 Å². The number of aryl methyl sites for hydroxylation is 1. The third kappa shape index (κ3) is 5.73. The number of carbonyl (C=O) groups excluding carboxylic acids is 1. The van der Waals surface area contributed by atoms with Crippen LogP contribution in [0.4, 0.5) is 0 Å². The Kier molecular flexibility index (Phi) is 6.02. The van der Waals surface area contributed by atoms with Gasteiger partial charge in [0.15, 0.2) is 6.61 Å². The lowest BCUT2D eigenvalue weighted by molar-refractivity contribution is -0.142. The topological polar surface area (TPSA) is 102 Å². The number of rotatable bonds is 8. The van der Waals surface area contributed by atoms with E-state index < -0.39 is 11.9 Å². The molecule has 1 aromatic heterocycles. The van der Waals surface area contributed by atoms with Crippen molar-refractivity contribution in [2.75, 3.05) is 13.2 Å². The number of carboxylic acid groups (broad SMARTS) is 1. The molecule has 7 nitrogen and oxygen atoms in total. The third-order valence-electron chi connectivity index (χ3n) is 2.61. The van der Waals surface area contributed by atoms with Crippen molar-refractivity contribution in [2.24, 2.45) is 11.8 Å². The molecule has 0 aliphatic heterocycles. The minimum absolute atomic E-state index is 0.0908. The molecule has 1 rings (SSSR count). The first-order chi connectivity index (χ1) is 9.38. The number of hydrogen-bond donors (Lipinski definition) is 2. The number of hydrogen-bond acceptors (Lipinski definition) is 5. The molecule has 2 N–H and O–H groups in total. The standard InChI is InChI=1S/C13H20N2O5/c1-8(2)4-10(13(17)18)6-14-11(16)7-19-12-5-9(3)20-15-12/h5,8,10H,4,6-7H2,1-3H3,(H,14,16)(H,17,18). The molecule has 0 spiro atoms. The highest BCUT2D eigenvalue weighted by molar-refractivity contribution is 5.78. The van der Waals surface area contributed by atoms with E-state index in [1.165, 1.54) is 0 Å². The maximum Gasteiger partial charge on any atom is 0.308 e. The van der Waals surface area contributed by atoms with Gasteiger partial charge in [-0.25, -0.2) is 0 Å². The highest BCUT2D eigenvalue weighted by Gasteiger charge is 2.19. The summed E-state index contributed by atoms with van der Waals surface area (Å²) in [7, 11) is 0. The number of aliphatic carboxylic acids is 1. The molecule has 0 aromatic carbocycles. The first kappa shape index (κ1) is 16.0. The fourth-order valence-electron chi connectivity index (χ4n) is 1.68. The lowest BCUT2D eigenvalue weighted by Gasteiger charge is -2.15. The molecule has 1 aromatic rings. The van der Waals surface area contributed by atoms with Crippen LogP contribution >= 0.6 is 0 Å². The Morgan fingerprint density at radius 2 is 2.20 bits per heavy atom. The molecular formula is C13H20N2O5. The van der Waals surface area contributed by atoms with Gasteiger partial charge in [0.1, 0.15) is 5.76 Å². The van der Waals surface area contributed by atoms with Crippen LogP contribution in [-0.2, 0) is 9.59 Å². The highest BCUT2D eigenvalue weighted by atomic mass is 16.5. The predicted octanol–water partition coefficient (Wildman–Crippen LogP) is 1.22. The van der Waals surface area contributed by atoms with Crippen molar-refractivity contribution < 1.29 is 24.0 Å². The van der Waals surface area contributed by atoms with Crippen molar-refractivity contribution in [3.8, 4) is 5.88 Å². The van der Waals surface area contributed by atoms with Gasteiger partial charge in [0.05, 0.1) is 5.92 Å². The fraction of sp³-hybridized carbons (Fsp3) is 0.615. The van der Waals surface area contributed by atoms with E-state index in [1.54, 1.807) is 13.0 Å². The van der Waals surface area contributed by atoms with E-state index in [-0.39, 0.29) is 30.9 Å². The van der Waals surface area contributed by atoms with Crippen LogP contribution < -0.4 is 10.1 Å². The Labute approximate surface area is 117 Å². The van der Waals surface area contributed by atoms with Gasteiger partial charge in [-0.05, 0) is 24.4 Å². The average molecular weight is 284 g/mol. The van der Waals surface area contributed by atoms with Gasteiger partial charge in [0.2, 0.25) is 0 Å². The van der Waals surface area contributed by atoms with Crippen molar-refractivity contribution in [1.29, 1.82) is 0 Å². The van der Waals surface area contributed by atoms with Crippen LogP contribution in [0.3, 0.4) is 0 Å². The number of ether oxygens (including phenoxy) is 1. The molecule has 0 radical (unpaired) electrons. The first-order valence-corrected chi connectivity index (χ1v) is 6.44. The molecule has 1 amide bonds. The molecule has 112 valence electrons. The number of nitrogens with zero attached hydrogens (tertiary/aromatic N) is 1. The van der Waals surface area contributed by atoms with E-state index in [1.807, 2.05) is 13.8 Å². The summed E-state index contributed by atoms with van der Waals surface area (Å²) < 4.78 is 9.88. The van der Waals surface area contributed by atoms with E-state index in [9.17, 15) is 9.59 Å². The Bertz CT molecular complexity index is 455. The second-order valence-corrected chi connectivity index (χ2v) is 5.03. The average Bonchev–Trinajstić information content (AvgIpc) is 2.77. The van der Waals surface area contributed by atoms with E-state index >= 15 is 0 Å². The molecule has 1 unspecified atom stereocenters. The molecule has 1 heterocycles. The van der Waals surface area contributed by atoms with Crippen molar-refractivity contribution in [3.63, 3.8) is 0 Å². The second-order valence-electron chi connectivity index (χ2n) is 5.03. The molecule has 1 atom stereocenters. The summed E-state index contributed by atoms with van der Waals surface area (Å²) in [6.07, 6.45) is 0.513. The normalized spacial score (nSPS) is 12.2. The molecule has 0 aliphatic rings. The minimum atomic E-state index is -0.910. The molecule has 0 saturated carbocycles. The van der Waals surface area contributed by atoms with Gasteiger partial charge < -0.3 is 19.7 Å². The summed E-state index contributed by atoms with van der Waals surface area (Å²) >= 11 is 0. The molecule has 0 fully saturated rings. The summed E-state index contributed by atoms with van der Waals surface area (Å²) in [5.41, 5.74) is 0. The quantitative estimate of drug-likeness (QED) is 0.744. The molecule has 0 bridgehead atoms.